The number of carbonyl (C=O) groups is 1. The van der Waals surface area contributed by atoms with Crippen molar-refractivity contribution in [1.82, 2.24) is 0 Å². The third kappa shape index (κ3) is 5.83. The predicted molar refractivity (Wildman–Crippen MR) is 44.4 cm³/mol. The smallest absolute Gasteiger partial charge is 0.155 e. The maximum atomic E-state index is 10.8. The molecule has 0 bridgehead atoms. The molecular formula is C8H13ClO. The summed E-state index contributed by atoms with van der Waals surface area (Å²) in [6, 6.07) is 0. The maximum Gasteiger partial charge on any atom is 0.155 e. The average Bonchev–Trinajstić information content (AvgIpc) is 1.97. The summed E-state index contributed by atoms with van der Waals surface area (Å²) in [5.74, 6) is 0.611. The van der Waals surface area contributed by atoms with Crippen LogP contribution in [0.1, 0.15) is 26.2 Å². The third-order valence-corrected chi connectivity index (χ3v) is 1.35. The van der Waals surface area contributed by atoms with Crippen LogP contribution in [0, 0.1) is 0 Å². The van der Waals surface area contributed by atoms with Crippen molar-refractivity contribution in [2.75, 3.05) is 5.88 Å². The number of carbonyl (C=O) groups excluding carboxylic acids is 1. The van der Waals surface area contributed by atoms with Gasteiger partial charge in [0, 0.05) is 12.3 Å². The van der Waals surface area contributed by atoms with Gasteiger partial charge in [0.1, 0.15) is 0 Å². The van der Waals surface area contributed by atoms with E-state index in [2.05, 4.69) is 6.92 Å². The lowest BCUT2D eigenvalue weighted by Crippen LogP contribution is -1.90. The molecule has 0 saturated carbocycles. The van der Waals surface area contributed by atoms with Gasteiger partial charge in [-0.25, -0.2) is 0 Å². The number of alkyl halides is 1. The molecule has 0 N–H and O–H groups in total. The highest BCUT2D eigenvalue weighted by Crippen LogP contribution is 1.95. The SMILES string of the molecule is CCCCC(=O)/C=C/CCl. The lowest BCUT2D eigenvalue weighted by atomic mass is 10.2. The zero-order valence-corrected chi connectivity index (χ0v) is 7.03. The van der Waals surface area contributed by atoms with Gasteiger partial charge < -0.3 is 0 Å². The lowest BCUT2D eigenvalue weighted by Gasteiger charge is -1.89. The highest BCUT2D eigenvalue weighted by molar-refractivity contribution is 6.19. The fourth-order valence-electron chi connectivity index (χ4n) is 0.610. The molecule has 0 aromatic heterocycles. The van der Waals surface area contributed by atoms with Crippen molar-refractivity contribution in [3.8, 4) is 0 Å². The molecular weight excluding hydrogens is 148 g/mol. The minimum atomic E-state index is 0.183. The molecule has 0 spiro atoms. The summed E-state index contributed by atoms with van der Waals surface area (Å²) in [6.07, 6.45) is 5.94. The fourth-order valence-corrected chi connectivity index (χ4v) is 0.699. The zero-order chi connectivity index (χ0) is 7.82. The zero-order valence-electron chi connectivity index (χ0n) is 6.27. The van der Waals surface area contributed by atoms with E-state index in [9.17, 15) is 4.79 Å². The number of hydrogen-bond acceptors (Lipinski definition) is 1. The predicted octanol–water partition coefficient (Wildman–Crippen LogP) is 2.54. The van der Waals surface area contributed by atoms with Gasteiger partial charge in [-0.05, 0) is 12.5 Å². The molecule has 0 radical (unpaired) electrons. The summed E-state index contributed by atoms with van der Waals surface area (Å²) in [5, 5.41) is 0. The van der Waals surface area contributed by atoms with Gasteiger partial charge in [-0.15, -0.1) is 11.6 Å². The molecule has 0 atom stereocenters. The molecule has 0 heterocycles. The summed E-state index contributed by atoms with van der Waals surface area (Å²) < 4.78 is 0. The van der Waals surface area contributed by atoms with Crippen LogP contribution in [0.15, 0.2) is 12.2 Å². The van der Waals surface area contributed by atoms with Gasteiger partial charge in [-0.2, -0.15) is 0 Å². The van der Waals surface area contributed by atoms with Gasteiger partial charge in [0.05, 0.1) is 0 Å². The van der Waals surface area contributed by atoms with Crippen LogP contribution in [0.5, 0.6) is 0 Å². The summed E-state index contributed by atoms with van der Waals surface area (Å²) >= 11 is 5.34. The molecule has 0 unspecified atom stereocenters. The van der Waals surface area contributed by atoms with Crippen LogP contribution in [0.3, 0.4) is 0 Å². The second-order valence-electron chi connectivity index (χ2n) is 2.13. The van der Waals surface area contributed by atoms with Crippen LogP contribution in [0.4, 0.5) is 0 Å². The Bertz CT molecular complexity index is 118. The van der Waals surface area contributed by atoms with Crippen molar-refractivity contribution in [3.63, 3.8) is 0 Å². The topological polar surface area (TPSA) is 17.1 Å². The number of rotatable bonds is 5. The second kappa shape index (κ2) is 6.81. The molecule has 0 aromatic rings. The van der Waals surface area contributed by atoms with Crippen LogP contribution in [0.25, 0.3) is 0 Å². The van der Waals surface area contributed by atoms with Crippen molar-refractivity contribution in [1.29, 1.82) is 0 Å². The van der Waals surface area contributed by atoms with E-state index in [4.69, 9.17) is 11.6 Å². The van der Waals surface area contributed by atoms with Crippen LogP contribution in [0.2, 0.25) is 0 Å². The Morgan fingerprint density at radius 2 is 2.30 bits per heavy atom. The van der Waals surface area contributed by atoms with E-state index in [0.717, 1.165) is 12.8 Å². The third-order valence-electron chi connectivity index (χ3n) is 1.17. The molecule has 0 fully saturated rings. The summed E-state index contributed by atoms with van der Waals surface area (Å²) in [5.41, 5.74) is 0. The van der Waals surface area contributed by atoms with Crippen molar-refractivity contribution in [2.24, 2.45) is 0 Å². The minimum absolute atomic E-state index is 0.183. The van der Waals surface area contributed by atoms with Gasteiger partial charge in [-0.1, -0.05) is 19.4 Å². The highest BCUT2D eigenvalue weighted by Gasteiger charge is 1.92. The van der Waals surface area contributed by atoms with E-state index in [1.54, 1.807) is 12.2 Å². The van der Waals surface area contributed by atoms with Gasteiger partial charge in [0.15, 0.2) is 5.78 Å². The van der Waals surface area contributed by atoms with E-state index >= 15 is 0 Å². The Balaban J connectivity index is 3.34. The van der Waals surface area contributed by atoms with E-state index in [-0.39, 0.29) is 5.78 Å². The Hall–Kier alpha value is -0.300. The van der Waals surface area contributed by atoms with E-state index in [1.165, 1.54) is 0 Å². The normalized spacial score (nSPS) is 10.6. The van der Waals surface area contributed by atoms with Crippen molar-refractivity contribution in [2.45, 2.75) is 26.2 Å². The Kier molecular flexibility index (Phi) is 6.61. The number of ketones is 1. The average molecular weight is 161 g/mol. The quantitative estimate of drug-likeness (QED) is 0.446. The van der Waals surface area contributed by atoms with Crippen molar-refractivity contribution >= 4 is 17.4 Å². The molecule has 0 saturated heterocycles. The van der Waals surface area contributed by atoms with Crippen LogP contribution in [-0.2, 0) is 4.79 Å². The first kappa shape index (κ1) is 9.70. The molecule has 0 rings (SSSR count). The monoisotopic (exact) mass is 160 g/mol. The molecule has 10 heavy (non-hydrogen) atoms. The molecule has 0 amide bonds. The summed E-state index contributed by atoms with van der Waals surface area (Å²) in [7, 11) is 0. The van der Waals surface area contributed by atoms with Crippen LogP contribution < -0.4 is 0 Å². The fraction of sp³-hybridized carbons (Fsp3) is 0.625. The molecule has 2 heteroatoms. The van der Waals surface area contributed by atoms with Gasteiger partial charge in [0.25, 0.3) is 0 Å². The number of unbranched alkanes of at least 4 members (excludes halogenated alkanes) is 1. The molecule has 58 valence electrons. The lowest BCUT2D eigenvalue weighted by molar-refractivity contribution is -0.114. The first-order chi connectivity index (χ1) is 4.81. The van der Waals surface area contributed by atoms with Crippen LogP contribution in [-0.4, -0.2) is 11.7 Å². The molecule has 0 aromatic carbocycles. The first-order valence-corrected chi connectivity index (χ1v) is 4.10. The van der Waals surface area contributed by atoms with Crippen molar-refractivity contribution < 1.29 is 4.79 Å². The summed E-state index contributed by atoms with van der Waals surface area (Å²) in [4.78, 5) is 10.8. The minimum Gasteiger partial charge on any atom is -0.295 e. The van der Waals surface area contributed by atoms with E-state index in [0.29, 0.717) is 12.3 Å². The van der Waals surface area contributed by atoms with Gasteiger partial charge >= 0.3 is 0 Å². The van der Waals surface area contributed by atoms with Crippen molar-refractivity contribution in [3.05, 3.63) is 12.2 Å². The molecule has 0 aliphatic heterocycles. The molecule has 0 aliphatic rings. The standard InChI is InChI=1S/C8H13ClO/c1-2-3-5-8(10)6-4-7-9/h4,6H,2-3,5,7H2,1H3/b6-4+. The molecule has 1 nitrogen and oxygen atoms in total. The number of halogens is 1. The number of allylic oxidation sites excluding steroid dienone is 2. The largest absolute Gasteiger partial charge is 0.295 e. The second-order valence-corrected chi connectivity index (χ2v) is 2.44. The van der Waals surface area contributed by atoms with E-state index < -0.39 is 0 Å². The first-order valence-electron chi connectivity index (χ1n) is 3.56. The maximum absolute atomic E-state index is 10.8. The number of hydrogen-bond donors (Lipinski definition) is 0. The Labute approximate surface area is 67.1 Å². The molecule has 0 aliphatic carbocycles. The van der Waals surface area contributed by atoms with Gasteiger partial charge in [0.2, 0.25) is 0 Å². The van der Waals surface area contributed by atoms with E-state index in [1.807, 2.05) is 0 Å². The summed E-state index contributed by atoms with van der Waals surface area (Å²) in [6.45, 7) is 2.07. The van der Waals surface area contributed by atoms with Crippen LogP contribution >= 0.6 is 11.6 Å². The van der Waals surface area contributed by atoms with Gasteiger partial charge in [-0.3, -0.25) is 4.79 Å². The highest BCUT2D eigenvalue weighted by atomic mass is 35.5. The Morgan fingerprint density at radius 1 is 1.60 bits per heavy atom. The Morgan fingerprint density at radius 3 is 2.80 bits per heavy atom.